The number of carbonyl (C=O) groups excluding carboxylic acids is 1. The normalized spacial score (nSPS) is 11.4. The highest BCUT2D eigenvalue weighted by Gasteiger charge is 2.09. The van der Waals surface area contributed by atoms with Crippen LogP contribution in [0.15, 0.2) is 82.2 Å². The van der Waals surface area contributed by atoms with Gasteiger partial charge in [-0.25, -0.2) is 9.79 Å². The van der Waals surface area contributed by atoms with E-state index < -0.39 is 5.97 Å². The molecule has 31 heavy (non-hydrogen) atoms. The van der Waals surface area contributed by atoms with Gasteiger partial charge >= 0.3 is 5.97 Å². The standard InChI is InChI=1S/C25H21NO5/c1-28-19-9-7-16(8-10-19)24-15-22(21-14-20(29-2)11-12-23(21)31-24)26-18-6-4-5-17(13-18)25(27)30-3/h4-15H,1-3H3. The number of hydrogen-bond donors (Lipinski definition) is 0. The van der Waals surface area contributed by atoms with E-state index in [9.17, 15) is 4.79 Å². The summed E-state index contributed by atoms with van der Waals surface area (Å²) in [5.74, 6) is 1.70. The Bertz CT molecular complexity index is 1310. The Hall–Kier alpha value is -4.06. The second kappa shape index (κ2) is 8.75. The van der Waals surface area contributed by atoms with Crippen LogP contribution in [0.4, 0.5) is 5.69 Å². The van der Waals surface area contributed by atoms with E-state index in [0.717, 1.165) is 16.7 Å². The highest BCUT2D eigenvalue weighted by atomic mass is 16.5. The van der Waals surface area contributed by atoms with E-state index in [-0.39, 0.29) is 0 Å². The van der Waals surface area contributed by atoms with Gasteiger partial charge in [0.05, 0.1) is 37.9 Å². The molecule has 1 heterocycles. The lowest BCUT2D eigenvalue weighted by Gasteiger charge is -2.08. The molecule has 0 radical (unpaired) electrons. The van der Waals surface area contributed by atoms with Crippen molar-refractivity contribution in [3.63, 3.8) is 0 Å². The highest BCUT2D eigenvalue weighted by Crippen LogP contribution is 2.27. The predicted octanol–water partition coefficient (Wildman–Crippen LogP) is 5.14. The van der Waals surface area contributed by atoms with E-state index in [2.05, 4.69) is 0 Å². The lowest BCUT2D eigenvalue weighted by molar-refractivity contribution is 0.0600. The van der Waals surface area contributed by atoms with Crippen molar-refractivity contribution >= 4 is 22.6 Å². The van der Waals surface area contributed by atoms with Gasteiger partial charge in [0, 0.05) is 17.0 Å². The number of carbonyl (C=O) groups is 1. The molecule has 4 aromatic rings. The lowest BCUT2D eigenvalue weighted by atomic mass is 10.1. The Morgan fingerprint density at radius 3 is 2.29 bits per heavy atom. The summed E-state index contributed by atoms with van der Waals surface area (Å²) in [6.07, 6.45) is 0. The molecule has 0 N–H and O–H groups in total. The summed E-state index contributed by atoms with van der Waals surface area (Å²) in [5.41, 5.74) is 2.61. The van der Waals surface area contributed by atoms with Gasteiger partial charge in [0.2, 0.25) is 0 Å². The number of fused-ring (bicyclic) bond motifs is 1. The van der Waals surface area contributed by atoms with E-state index in [1.54, 1.807) is 32.4 Å². The number of esters is 1. The predicted molar refractivity (Wildman–Crippen MR) is 118 cm³/mol. The molecule has 3 aromatic carbocycles. The fourth-order valence-electron chi connectivity index (χ4n) is 3.22. The third-order valence-electron chi connectivity index (χ3n) is 4.84. The van der Waals surface area contributed by atoms with Crippen molar-refractivity contribution in [3.05, 3.63) is 83.7 Å². The number of hydrogen-bond acceptors (Lipinski definition) is 6. The molecular formula is C25H21NO5. The minimum Gasteiger partial charge on any atom is -0.497 e. The van der Waals surface area contributed by atoms with Gasteiger partial charge in [-0.1, -0.05) is 6.07 Å². The maximum atomic E-state index is 11.9. The van der Waals surface area contributed by atoms with Gasteiger partial charge < -0.3 is 18.6 Å². The quantitative estimate of drug-likeness (QED) is 0.422. The molecule has 0 saturated carbocycles. The van der Waals surface area contributed by atoms with Crippen molar-refractivity contribution in [2.24, 2.45) is 4.99 Å². The Kier molecular flexibility index (Phi) is 5.71. The Balaban J connectivity index is 1.93. The van der Waals surface area contributed by atoms with Gasteiger partial charge in [0.1, 0.15) is 22.8 Å². The summed E-state index contributed by atoms with van der Waals surface area (Å²) in [6, 6.07) is 22.0. The van der Waals surface area contributed by atoms with Crippen LogP contribution in [0, 0.1) is 0 Å². The number of ether oxygens (including phenoxy) is 3. The Labute approximate surface area is 179 Å². The topological polar surface area (TPSA) is 70.3 Å². The average molecular weight is 415 g/mol. The Morgan fingerprint density at radius 2 is 1.58 bits per heavy atom. The molecule has 0 fully saturated rings. The number of nitrogens with zero attached hydrogens (tertiary/aromatic N) is 1. The van der Waals surface area contributed by atoms with E-state index in [0.29, 0.717) is 33.7 Å². The highest BCUT2D eigenvalue weighted by molar-refractivity contribution is 5.90. The molecule has 4 rings (SSSR count). The zero-order chi connectivity index (χ0) is 21.8. The monoisotopic (exact) mass is 415 g/mol. The summed E-state index contributed by atoms with van der Waals surface area (Å²) >= 11 is 0. The summed E-state index contributed by atoms with van der Waals surface area (Å²) < 4.78 is 21.6. The van der Waals surface area contributed by atoms with E-state index in [1.165, 1.54) is 7.11 Å². The molecule has 0 unspecified atom stereocenters. The number of benzene rings is 3. The van der Waals surface area contributed by atoms with Crippen LogP contribution >= 0.6 is 0 Å². The van der Waals surface area contributed by atoms with E-state index in [1.807, 2.05) is 54.6 Å². The van der Waals surface area contributed by atoms with Crippen LogP contribution in [-0.4, -0.2) is 27.3 Å². The van der Waals surface area contributed by atoms with Gasteiger partial charge in [-0.05, 0) is 60.7 Å². The lowest BCUT2D eigenvalue weighted by Crippen LogP contribution is -2.04. The minimum absolute atomic E-state index is 0.412. The smallest absolute Gasteiger partial charge is 0.337 e. The van der Waals surface area contributed by atoms with Crippen molar-refractivity contribution in [1.29, 1.82) is 0 Å². The van der Waals surface area contributed by atoms with Gasteiger partial charge in [-0.15, -0.1) is 0 Å². The van der Waals surface area contributed by atoms with Gasteiger partial charge in [-0.3, -0.25) is 0 Å². The summed E-state index contributed by atoms with van der Waals surface area (Å²) in [5, 5.41) is 1.48. The number of rotatable bonds is 5. The first-order chi connectivity index (χ1) is 15.1. The van der Waals surface area contributed by atoms with Crippen LogP contribution in [-0.2, 0) is 4.74 Å². The molecule has 1 aromatic heterocycles. The molecule has 6 heteroatoms. The summed E-state index contributed by atoms with van der Waals surface area (Å²) in [7, 11) is 4.59. The second-order valence-electron chi connectivity index (χ2n) is 6.74. The molecule has 0 spiro atoms. The summed E-state index contributed by atoms with van der Waals surface area (Å²) in [4.78, 5) is 16.7. The van der Waals surface area contributed by atoms with Crippen molar-refractivity contribution in [2.45, 2.75) is 0 Å². The first-order valence-corrected chi connectivity index (χ1v) is 9.60. The van der Waals surface area contributed by atoms with Crippen LogP contribution in [0.1, 0.15) is 10.4 Å². The Morgan fingerprint density at radius 1 is 0.839 bits per heavy atom. The van der Waals surface area contributed by atoms with Gasteiger partial charge in [-0.2, -0.15) is 0 Å². The second-order valence-corrected chi connectivity index (χ2v) is 6.74. The minimum atomic E-state index is -0.412. The fraction of sp³-hybridized carbons (Fsp3) is 0.120. The van der Waals surface area contributed by atoms with Gasteiger partial charge in [0.15, 0.2) is 0 Å². The van der Waals surface area contributed by atoms with Crippen LogP contribution < -0.4 is 14.8 Å². The van der Waals surface area contributed by atoms with Crippen LogP contribution in [0.5, 0.6) is 11.5 Å². The maximum absolute atomic E-state index is 11.9. The molecule has 0 bridgehead atoms. The zero-order valence-corrected chi connectivity index (χ0v) is 17.4. The molecule has 0 aliphatic heterocycles. The molecule has 0 aliphatic rings. The molecule has 0 saturated heterocycles. The summed E-state index contributed by atoms with van der Waals surface area (Å²) in [6.45, 7) is 0. The van der Waals surface area contributed by atoms with Crippen molar-refractivity contribution < 1.29 is 23.4 Å². The molecular weight excluding hydrogens is 394 g/mol. The maximum Gasteiger partial charge on any atom is 0.337 e. The van der Waals surface area contributed by atoms with Gasteiger partial charge in [0.25, 0.3) is 0 Å². The zero-order valence-electron chi connectivity index (χ0n) is 17.4. The van der Waals surface area contributed by atoms with Crippen molar-refractivity contribution in [3.8, 4) is 22.8 Å². The van der Waals surface area contributed by atoms with Crippen molar-refractivity contribution in [2.75, 3.05) is 21.3 Å². The van der Waals surface area contributed by atoms with Crippen LogP contribution in [0.3, 0.4) is 0 Å². The van der Waals surface area contributed by atoms with E-state index >= 15 is 0 Å². The number of methoxy groups -OCH3 is 3. The molecule has 0 aliphatic carbocycles. The first-order valence-electron chi connectivity index (χ1n) is 9.60. The van der Waals surface area contributed by atoms with Crippen LogP contribution in [0.25, 0.3) is 22.3 Å². The van der Waals surface area contributed by atoms with Crippen molar-refractivity contribution in [1.82, 2.24) is 0 Å². The third kappa shape index (κ3) is 4.28. The molecule has 6 nitrogen and oxygen atoms in total. The third-order valence-corrected chi connectivity index (χ3v) is 4.84. The van der Waals surface area contributed by atoms with Crippen LogP contribution in [0.2, 0.25) is 0 Å². The molecule has 0 atom stereocenters. The molecule has 156 valence electrons. The average Bonchev–Trinajstić information content (AvgIpc) is 2.83. The fourth-order valence-corrected chi connectivity index (χ4v) is 3.22. The SMILES string of the molecule is COC(=O)c1cccc(N=c2cc(-c3ccc(OC)cc3)oc3ccc(OC)cc23)c1. The van der Waals surface area contributed by atoms with E-state index in [4.69, 9.17) is 23.6 Å². The molecule has 0 amide bonds. The first kappa shape index (κ1) is 20.2. The largest absolute Gasteiger partial charge is 0.497 e.